The molecule has 1 aromatic heterocycles. The molecule has 1 heterocycles. The molecule has 0 saturated carbocycles. The van der Waals surface area contributed by atoms with Gasteiger partial charge in [-0.3, -0.25) is 0 Å². The van der Waals surface area contributed by atoms with Crippen LogP contribution in [0.1, 0.15) is 39.7 Å². The number of fused-ring (bicyclic) bond motifs is 1. The molecule has 2 atom stereocenters. The van der Waals surface area contributed by atoms with Crippen molar-refractivity contribution in [2.45, 2.75) is 39.7 Å². The minimum Gasteiger partial charge on any atom is -0.497 e. The Labute approximate surface area is 119 Å². The summed E-state index contributed by atoms with van der Waals surface area (Å²) in [5.74, 6) is 1.56. The van der Waals surface area contributed by atoms with Crippen LogP contribution in [0.4, 0.5) is 0 Å². The molecule has 2 unspecified atom stereocenters. The fraction of sp³-hybridized carbons (Fsp3) is 0.533. The maximum atomic E-state index is 5.46. The molecule has 0 spiro atoms. The second-order valence-electron chi connectivity index (χ2n) is 5.28. The highest BCUT2D eigenvalue weighted by Crippen LogP contribution is 2.27. The Bertz CT molecular complexity index is 614. The van der Waals surface area contributed by atoms with Gasteiger partial charge in [0.1, 0.15) is 5.75 Å². The lowest BCUT2D eigenvalue weighted by molar-refractivity contribution is 0.402. The SMILES string of the molecule is CCC(C)CC(C)n1c(=S)[nH]c2cc(OC)ccc21. The number of aromatic amines is 1. The van der Waals surface area contributed by atoms with Gasteiger partial charge in [0.2, 0.25) is 0 Å². The van der Waals surface area contributed by atoms with Crippen molar-refractivity contribution >= 4 is 23.3 Å². The number of hydrogen-bond acceptors (Lipinski definition) is 2. The van der Waals surface area contributed by atoms with E-state index in [2.05, 4.69) is 36.4 Å². The van der Waals surface area contributed by atoms with Gasteiger partial charge >= 0.3 is 0 Å². The number of ether oxygens (including phenoxy) is 1. The predicted molar refractivity (Wildman–Crippen MR) is 82.5 cm³/mol. The number of benzene rings is 1. The van der Waals surface area contributed by atoms with E-state index >= 15 is 0 Å². The smallest absolute Gasteiger partial charge is 0.178 e. The van der Waals surface area contributed by atoms with Crippen molar-refractivity contribution in [3.63, 3.8) is 0 Å². The fourth-order valence-corrected chi connectivity index (χ4v) is 2.92. The second-order valence-corrected chi connectivity index (χ2v) is 5.67. The normalized spacial score (nSPS) is 14.5. The van der Waals surface area contributed by atoms with Crippen molar-refractivity contribution in [2.75, 3.05) is 7.11 Å². The number of imidazole rings is 1. The van der Waals surface area contributed by atoms with Gasteiger partial charge in [0.05, 0.1) is 18.1 Å². The summed E-state index contributed by atoms with van der Waals surface area (Å²) < 4.78 is 8.26. The van der Waals surface area contributed by atoms with Crippen molar-refractivity contribution in [3.05, 3.63) is 23.0 Å². The van der Waals surface area contributed by atoms with Crippen LogP contribution >= 0.6 is 12.2 Å². The Kier molecular flexibility index (Phi) is 4.30. The van der Waals surface area contributed by atoms with Gasteiger partial charge in [0.25, 0.3) is 0 Å². The molecule has 3 nitrogen and oxygen atoms in total. The number of hydrogen-bond donors (Lipinski definition) is 1. The van der Waals surface area contributed by atoms with Crippen LogP contribution in [-0.2, 0) is 0 Å². The molecule has 2 rings (SSSR count). The summed E-state index contributed by atoms with van der Waals surface area (Å²) in [6.07, 6.45) is 2.34. The molecule has 2 aromatic rings. The Morgan fingerprint density at radius 1 is 1.37 bits per heavy atom. The highest BCUT2D eigenvalue weighted by atomic mass is 32.1. The Hall–Kier alpha value is -1.29. The van der Waals surface area contributed by atoms with Crippen molar-refractivity contribution < 1.29 is 4.74 Å². The van der Waals surface area contributed by atoms with Gasteiger partial charge in [-0.15, -0.1) is 0 Å². The largest absolute Gasteiger partial charge is 0.497 e. The predicted octanol–water partition coefficient (Wildman–Crippen LogP) is 4.70. The molecule has 0 bridgehead atoms. The van der Waals surface area contributed by atoms with Crippen LogP contribution in [0.3, 0.4) is 0 Å². The highest BCUT2D eigenvalue weighted by Gasteiger charge is 2.14. The second kappa shape index (κ2) is 5.78. The lowest BCUT2D eigenvalue weighted by Crippen LogP contribution is -2.09. The Morgan fingerprint density at radius 2 is 2.11 bits per heavy atom. The van der Waals surface area contributed by atoms with Gasteiger partial charge in [-0.2, -0.15) is 0 Å². The first-order chi connectivity index (χ1) is 9.06. The summed E-state index contributed by atoms with van der Waals surface area (Å²) in [6, 6.07) is 6.47. The summed E-state index contributed by atoms with van der Waals surface area (Å²) in [5, 5.41) is 0. The van der Waals surface area contributed by atoms with Gasteiger partial charge in [-0.05, 0) is 43.6 Å². The van der Waals surface area contributed by atoms with Crippen LogP contribution in [0, 0.1) is 10.7 Å². The summed E-state index contributed by atoms with van der Waals surface area (Å²) in [4.78, 5) is 3.27. The maximum Gasteiger partial charge on any atom is 0.178 e. The van der Waals surface area contributed by atoms with E-state index in [0.29, 0.717) is 12.0 Å². The molecule has 0 aliphatic carbocycles. The average Bonchev–Trinajstić information content (AvgIpc) is 2.73. The molecule has 104 valence electrons. The summed E-state index contributed by atoms with van der Waals surface area (Å²) >= 11 is 5.46. The third-order valence-corrected chi connectivity index (χ3v) is 4.10. The Balaban J connectivity index is 2.42. The van der Waals surface area contributed by atoms with E-state index in [4.69, 9.17) is 17.0 Å². The van der Waals surface area contributed by atoms with Gasteiger partial charge < -0.3 is 14.3 Å². The van der Waals surface area contributed by atoms with Gasteiger partial charge in [0.15, 0.2) is 4.77 Å². The van der Waals surface area contributed by atoms with E-state index in [1.807, 2.05) is 12.1 Å². The van der Waals surface area contributed by atoms with E-state index in [1.165, 1.54) is 6.42 Å². The standard InChI is InChI=1S/C15H22N2OS/c1-5-10(2)8-11(3)17-14-7-6-12(18-4)9-13(14)16-15(17)19/h6-7,9-11H,5,8H2,1-4H3,(H,16,19). The van der Waals surface area contributed by atoms with Gasteiger partial charge in [0, 0.05) is 12.1 Å². The molecule has 4 heteroatoms. The Morgan fingerprint density at radius 3 is 2.74 bits per heavy atom. The van der Waals surface area contributed by atoms with Crippen LogP contribution in [0.2, 0.25) is 0 Å². The zero-order chi connectivity index (χ0) is 14.0. The monoisotopic (exact) mass is 278 g/mol. The lowest BCUT2D eigenvalue weighted by Gasteiger charge is -2.18. The van der Waals surface area contributed by atoms with E-state index in [0.717, 1.165) is 28.0 Å². The van der Waals surface area contributed by atoms with Crippen LogP contribution in [0.15, 0.2) is 18.2 Å². The topological polar surface area (TPSA) is 29.9 Å². The molecular weight excluding hydrogens is 256 g/mol. The molecule has 1 N–H and O–H groups in total. The first-order valence-corrected chi connectivity index (χ1v) is 7.25. The summed E-state index contributed by atoms with van der Waals surface area (Å²) in [7, 11) is 1.68. The van der Waals surface area contributed by atoms with Crippen LogP contribution in [-0.4, -0.2) is 16.7 Å². The minimum absolute atomic E-state index is 0.407. The van der Waals surface area contributed by atoms with Crippen molar-refractivity contribution in [1.29, 1.82) is 0 Å². The summed E-state index contributed by atoms with van der Waals surface area (Å²) in [5.41, 5.74) is 2.20. The third kappa shape index (κ3) is 2.84. The number of methoxy groups -OCH3 is 1. The number of nitrogens with zero attached hydrogens (tertiary/aromatic N) is 1. The number of nitrogens with one attached hydrogen (secondary N) is 1. The van der Waals surface area contributed by atoms with E-state index in [-0.39, 0.29) is 0 Å². The average molecular weight is 278 g/mol. The minimum atomic E-state index is 0.407. The molecule has 0 amide bonds. The van der Waals surface area contributed by atoms with Crippen LogP contribution < -0.4 is 4.74 Å². The van der Waals surface area contributed by atoms with Crippen LogP contribution in [0.5, 0.6) is 5.75 Å². The molecule has 0 fully saturated rings. The molecule has 0 aliphatic rings. The molecule has 0 aliphatic heterocycles. The first kappa shape index (κ1) is 14.1. The quantitative estimate of drug-likeness (QED) is 0.803. The number of aromatic nitrogens is 2. The van der Waals surface area contributed by atoms with Crippen molar-refractivity contribution in [2.24, 2.45) is 5.92 Å². The highest BCUT2D eigenvalue weighted by molar-refractivity contribution is 7.71. The third-order valence-electron chi connectivity index (χ3n) is 3.80. The lowest BCUT2D eigenvalue weighted by atomic mass is 10.0. The number of rotatable bonds is 5. The molecule has 0 radical (unpaired) electrons. The van der Waals surface area contributed by atoms with Crippen LogP contribution in [0.25, 0.3) is 11.0 Å². The van der Waals surface area contributed by atoms with E-state index in [9.17, 15) is 0 Å². The first-order valence-electron chi connectivity index (χ1n) is 6.85. The zero-order valence-corrected chi connectivity index (χ0v) is 12.9. The maximum absolute atomic E-state index is 5.46. The fourth-order valence-electron chi connectivity index (χ4n) is 2.53. The van der Waals surface area contributed by atoms with Crippen molar-refractivity contribution in [3.8, 4) is 5.75 Å². The zero-order valence-electron chi connectivity index (χ0n) is 12.1. The molecule has 19 heavy (non-hydrogen) atoms. The molecule has 1 aromatic carbocycles. The number of H-pyrrole nitrogens is 1. The van der Waals surface area contributed by atoms with Gasteiger partial charge in [-0.1, -0.05) is 20.3 Å². The summed E-state index contributed by atoms with van der Waals surface area (Å²) in [6.45, 7) is 6.76. The van der Waals surface area contributed by atoms with Crippen molar-refractivity contribution in [1.82, 2.24) is 9.55 Å². The van der Waals surface area contributed by atoms with Gasteiger partial charge in [-0.25, -0.2) is 0 Å². The molecular formula is C15H22N2OS. The molecule has 0 saturated heterocycles. The van der Waals surface area contributed by atoms with E-state index < -0.39 is 0 Å². The van der Waals surface area contributed by atoms with E-state index in [1.54, 1.807) is 7.11 Å².